The van der Waals surface area contributed by atoms with E-state index in [0.29, 0.717) is 52.9 Å². The molecule has 0 bridgehead atoms. The van der Waals surface area contributed by atoms with Crippen molar-refractivity contribution >= 4 is 5.97 Å². The van der Waals surface area contributed by atoms with Crippen molar-refractivity contribution in [3.63, 3.8) is 0 Å². The Balaban J connectivity index is 3.25. The van der Waals surface area contributed by atoms with Gasteiger partial charge in [-0.1, -0.05) is 46.5 Å². The van der Waals surface area contributed by atoms with Crippen molar-refractivity contribution in [2.75, 3.05) is 59.5 Å². The largest absolute Gasteiger partial charge is 0.463 e. The van der Waals surface area contributed by atoms with Crippen LogP contribution in [0, 0.1) is 5.92 Å². The van der Waals surface area contributed by atoms with Gasteiger partial charge in [0.1, 0.15) is 6.61 Å². The number of rotatable bonds is 21. The molecule has 27 heavy (non-hydrogen) atoms. The van der Waals surface area contributed by atoms with E-state index in [2.05, 4.69) is 13.8 Å². The standard InChI is InChI=1S/C21H42O6/c1-4-7-9-11-23-12-13-24-14-15-25-16-17-26-18-19-27-21(22)20(6-3)10-8-5-2/h20H,4-19H2,1-3H3. The van der Waals surface area contributed by atoms with E-state index in [0.717, 1.165) is 38.7 Å². The molecule has 0 aliphatic carbocycles. The summed E-state index contributed by atoms with van der Waals surface area (Å²) in [6.07, 6.45) is 7.47. The van der Waals surface area contributed by atoms with Crippen molar-refractivity contribution < 1.29 is 28.5 Å². The molecule has 0 radical (unpaired) electrons. The summed E-state index contributed by atoms with van der Waals surface area (Å²) in [6.45, 7) is 11.2. The van der Waals surface area contributed by atoms with Crippen molar-refractivity contribution in [2.24, 2.45) is 5.92 Å². The molecule has 0 rings (SSSR count). The fourth-order valence-corrected chi connectivity index (χ4v) is 2.47. The third-order valence-corrected chi connectivity index (χ3v) is 4.21. The molecule has 1 unspecified atom stereocenters. The molecule has 0 spiro atoms. The van der Waals surface area contributed by atoms with Crippen molar-refractivity contribution in [3.8, 4) is 0 Å². The predicted octanol–water partition coefficient (Wildman–Crippen LogP) is 4.00. The maximum absolute atomic E-state index is 11.9. The van der Waals surface area contributed by atoms with E-state index in [1.807, 2.05) is 6.92 Å². The van der Waals surface area contributed by atoms with Crippen LogP contribution in [-0.4, -0.2) is 65.4 Å². The second-order valence-electron chi connectivity index (χ2n) is 6.57. The number of hydrogen-bond donors (Lipinski definition) is 0. The molecular formula is C21H42O6. The first-order valence-electron chi connectivity index (χ1n) is 10.7. The van der Waals surface area contributed by atoms with Gasteiger partial charge in [-0.15, -0.1) is 0 Å². The van der Waals surface area contributed by atoms with Crippen molar-refractivity contribution in [1.29, 1.82) is 0 Å². The molecule has 0 saturated carbocycles. The molecule has 162 valence electrons. The summed E-state index contributed by atoms with van der Waals surface area (Å²) in [5.41, 5.74) is 0. The van der Waals surface area contributed by atoms with Gasteiger partial charge in [0, 0.05) is 6.61 Å². The zero-order chi connectivity index (χ0) is 20.0. The second kappa shape index (κ2) is 21.6. The zero-order valence-corrected chi connectivity index (χ0v) is 17.8. The number of esters is 1. The molecule has 0 aromatic heterocycles. The molecule has 0 fully saturated rings. The first kappa shape index (κ1) is 26.3. The maximum atomic E-state index is 11.9. The molecule has 0 aliphatic heterocycles. The Morgan fingerprint density at radius 2 is 1.11 bits per heavy atom. The fourth-order valence-electron chi connectivity index (χ4n) is 2.47. The Labute approximate surface area is 166 Å². The van der Waals surface area contributed by atoms with E-state index < -0.39 is 0 Å². The number of hydrogen-bond acceptors (Lipinski definition) is 6. The van der Waals surface area contributed by atoms with Crippen LogP contribution in [0.4, 0.5) is 0 Å². The van der Waals surface area contributed by atoms with Crippen LogP contribution >= 0.6 is 0 Å². The lowest BCUT2D eigenvalue weighted by atomic mass is 10.00. The average Bonchev–Trinajstić information content (AvgIpc) is 2.68. The highest BCUT2D eigenvalue weighted by Gasteiger charge is 2.16. The Hall–Kier alpha value is -0.690. The Morgan fingerprint density at radius 1 is 0.630 bits per heavy atom. The molecule has 0 heterocycles. The van der Waals surface area contributed by atoms with Crippen LogP contribution in [0.25, 0.3) is 0 Å². The number of ether oxygens (including phenoxy) is 5. The molecule has 0 saturated heterocycles. The molecule has 1 atom stereocenters. The van der Waals surface area contributed by atoms with Gasteiger partial charge in [-0.05, 0) is 19.3 Å². The predicted molar refractivity (Wildman–Crippen MR) is 107 cm³/mol. The molecule has 0 aromatic rings. The van der Waals surface area contributed by atoms with Crippen molar-refractivity contribution in [2.45, 2.75) is 65.7 Å². The Morgan fingerprint density at radius 3 is 1.59 bits per heavy atom. The number of carbonyl (C=O) groups is 1. The lowest BCUT2D eigenvalue weighted by Crippen LogP contribution is -2.20. The summed E-state index contributed by atoms with van der Waals surface area (Å²) < 4.78 is 27.0. The van der Waals surface area contributed by atoms with Gasteiger partial charge in [-0.2, -0.15) is 0 Å². The summed E-state index contributed by atoms with van der Waals surface area (Å²) in [5, 5.41) is 0. The van der Waals surface area contributed by atoms with Gasteiger partial charge in [0.05, 0.1) is 52.2 Å². The Bertz CT molecular complexity index is 311. The molecule has 0 N–H and O–H groups in total. The van der Waals surface area contributed by atoms with Gasteiger partial charge >= 0.3 is 5.97 Å². The molecule has 0 aliphatic rings. The van der Waals surface area contributed by atoms with Crippen molar-refractivity contribution in [3.05, 3.63) is 0 Å². The highest BCUT2D eigenvalue weighted by Crippen LogP contribution is 2.14. The minimum absolute atomic E-state index is 0.0232. The average molecular weight is 391 g/mol. The van der Waals surface area contributed by atoms with E-state index in [1.165, 1.54) is 12.8 Å². The summed E-state index contributed by atoms with van der Waals surface area (Å²) in [5.74, 6) is -0.0766. The van der Waals surface area contributed by atoms with Crippen molar-refractivity contribution in [1.82, 2.24) is 0 Å². The summed E-state index contributed by atoms with van der Waals surface area (Å²) >= 11 is 0. The molecule has 6 heteroatoms. The maximum Gasteiger partial charge on any atom is 0.308 e. The minimum atomic E-state index is -0.0997. The quantitative estimate of drug-likeness (QED) is 0.218. The smallest absolute Gasteiger partial charge is 0.308 e. The summed E-state index contributed by atoms with van der Waals surface area (Å²) in [6, 6.07) is 0. The highest BCUT2D eigenvalue weighted by molar-refractivity contribution is 5.72. The summed E-state index contributed by atoms with van der Waals surface area (Å²) in [4.78, 5) is 11.9. The SMILES string of the molecule is CCCCCOCCOCCOCCOCCOC(=O)C(CC)CCCC. The Kier molecular flexibility index (Phi) is 21.1. The van der Waals surface area contributed by atoms with Crippen LogP contribution in [0.5, 0.6) is 0 Å². The van der Waals surface area contributed by atoms with Gasteiger partial charge in [0.25, 0.3) is 0 Å². The van der Waals surface area contributed by atoms with Gasteiger partial charge in [0.15, 0.2) is 0 Å². The van der Waals surface area contributed by atoms with Gasteiger partial charge < -0.3 is 23.7 Å². The molecule has 0 aromatic carbocycles. The topological polar surface area (TPSA) is 63.2 Å². The second-order valence-corrected chi connectivity index (χ2v) is 6.57. The van der Waals surface area contributed by atoms with Crippen LogP contribution in [0.3, 0.4) is 0 Å². The van der Waals surface area contributed by atoms with E-state index in [1.54, 1.807) is 0 Å². The zero-order valence-electron chi connectivity index (χ0n) is 17.8. The van der Waals surface area contributed by atoms with Crippen LogP contribution in [0.15, 0.2) is 0 Å². The van der Waals surface area contributed by atoms with Crippen LogP contribution in [0.1, 0.15) is 65.7 Å². The first-order valence-corrected chi connectivity index (χ1v) is 10.7. The molecule has 0 amide bonds. The fraction of sp³-hybridized carbons (Fsp3) is 0.952. The normalized spacial score (nSPS) is 12.3. The highest BCUT2D eigenvalue weighted by atomic mass is 16.6. The first-order chi connectivity index (χ1) is 13.3. The third kappa shape index (κ3) is 18.4. The van der Waals surface area contributed by atoms with Gasteiger partial charge in [-0.3, -0.25) is 4.79 Å². The van der Waals surface area contributed by atoms with Crippen LogP contribution < -0.4 is 0 Å². The van der Waals surface area contributed by atoms with E-state index in [-0.39, 0.29) is 11.9 Å². The van der Waals surface area contributed by atoms with E-state index in [4.69, 9.17) is 23.7 Å². The van der Waals surface area contributed by atoms with Gasteiger partial charge in [0.2, 0.25) is 0 Å². The number of carbonyl (C=O) groups excluding carboxylic acids is 1. The third-order valence-electron chi connectivity index (χ3n) is 4.21. The number of unbranched alkanes of at least 4 members (excludes halogenated alkanes) is 3. The lowest BCUT2D eigenvalue weighted by molar-refractivity contribution is -0.150. The van der Waals surface area contributed by atoms with Crippen LogP contribution in [0.2, 0.25) is 0 Å². The minimum Gasteiger partial charge on any atom is -0.463 e. The van der Waals surface area contributed by atoms with E-state index >= 15 is 0 Å². The molecular weight excluding hydrogens is 348 g/mol. The van der Waals surface area contributed by atoms with E-state index in [9.17, 15) is 4.79 Å². The van der Waals surface area contributed by atoms with Crippen LogP contribution in [-0.2, 0) is 28.5 Å². The molecule has 6 nitrogen and oxygen atoms in total. The summed E-state index contributed by atoms with van der Waals surface area (Å²) in [7, 11) is 0. The lowest BCUT2D eigenvalue weighted by Gasteiger charge is -2.13. The van der Waals surface area contributed by atoms with Gasteiger partial charge in [-0.25, -0.2) is 0 Å². The monoisotopic (exact) mass is 390 g/mol.